The van der Waals surface area contributed by atoms with Crippen LogP contribution < -0.4 is 4.72 Å². The highest BCUT2D eigenvalue weighted by atomic mass is 32.2. The van der Waals surface area contributed by atoms with Crippen molar-refractivity contribution >= 4 is 10.0 Å². The van der Waals surface area contributed by atoms with E-state index in [4.69, 9.17) is 8.83 Å². The van der Waals surface area contributed by atoms with Gasteiger partial charge in [-0.3, -0.25) is 0 Å². The summed E-state index contributed by atoms with van der Waals surface area (Å²) in [5, 5.41) is 0. The molecule has 1 N–H and O–H groups in total. The van der Waals surface area contributed by atoms with Crippen LogP contribution in [0.25, 0.3) is 0 Å². The van der Waals surface area contributed by atoms with Crippen LogP contribution in [0.2, 0.25) is 0 Å². The van der Waals surface area contributed by atoms with Gasteiger partial charge in [-0.05, 0) is 48.9 Å². The molecule has 0 aliphatic rings. The van der Waals surface area contributed by atoms with Gasteiger partial charge in [-0.2, -0.15) is 0 Å². The Labute approximate surface area is 135 Å². The van der Waals surface area contributed by atoms with Crippen LogP contribution >= 0.6 is 0 Å². The molecule has 0 radical (unpaired) electrons. The van der Waals surface area contributed by atoms with Gasteiger partial charge in [0.05, 0.1) is 23.3 Å². The maximum absolute atomic E-state index is 12.5. The van der Waals surface area contributed by atoms with Gasteiger partial charge < -0.3 is 8.83 Å². The minimum atomic E-state index is -3.59. The van der Waals surface area contributed by atoms with Gasteiger partial charge >= 0.3 is 0 Å². The Kier molecular flexibility index (Phi) is 4.36. The molecule has 0 unspecified atom stereocenters. The van der Waals surface area contributed by atoms with Crippen LogP contribution in [0, 0.1) is 6.92 Å². The molecule has 2 heterocycles. The predicted molar refractivity (Wildman–Crippen MR) is 85.6 cm³/mol. The van der Waals surface area contributed by atoms with Crippen molar-refractivity contribution in [3.05, 3.63) is 78.1 Å². The molecule has 0 atom stereocenters. The number of furan rings is 2. The van der Waals surface area contributed by atoms with Crippen molar-refractivity contribution < 1.29 is 17.3 Å². The summed E-state index contributed by atoms with van der Waals surface area (Å²) in [6, 6.07) is 13.9. The molecule has 23 heavy (non-hydrogen) atoms. The fourth-order valence-electron chi connectivity index (χ4n) is 2.38. The Hall–Kier alpha value is -2.31. The van der Waals surface area contributed by atoms with Gasteiger partial charge in [0.1, 0.15) is 11.5 Å². The Morgan fingerprint density at radius 2 is 1.65 bits per heavy atom. The first-order valence-corrected chi connectivity index (χ1v) is 8.68. The zero-order valence-corrected chi connectivity index (χ0v) is 13.4. The van der Waals surface area contributed by atoms with Gasteiger partial charge in [0.15, 0.2) is 0 Å². The molecule has 0 aliphatic heterocycles. The number of sulfonamides is 1. The standard InChI is InChI=1S/C17H17NO4S/c1-13-5-2-6-14(11-13)23(19,20)18-12-15(16-7-3-9-21-16)17-8-4-10-22-17/h2-11,15,18H,12H2,1H3. The van der Waals surface area contributed by atoms with Gasteiger partial charge in [0, 0.05) is 6.54 Å². The monoisotopic (exact) mass is 331 g/mol. The molecule has 2 aromatic heterocycles. The maximum Gasteiger partial charge on any atom is 0.240 e. The Balaban J connectivity index is 1.82. The molecule has 3 rings (SSSR count). The van der Waals surface area contributed by atoms with Crippen molar-refractivity contribution in [2.24, 2.45) is 0 Å². The SMILES string of the molecule is Cc1cccc(S(=O)(=O)NCC(c2ccco2)c2ccco2)c1. The molecule has 0 bridgehead atoms. The van der Waals surface area contributed by atoms with E-state index in [1.807, 2.05) is 13.0 Å². The molecule has 3 aromatic rings. The Morgan fingerprint density at radius 1 is 1.00 bits per heavy atom. The number of hydrogen-bond donors (Lipinski definition) is 1. The quantitative estimate of drug-likeness (QED) is 0.752. The van der Waals surface area contributed by atoms with E-state index >= 15 is 0 Å². The van der Waals surface area contributed by atoms with Crippen LogP contribution in [0.3, 0.4) is 0 Å². The first-order valence-electron chi connectivity index (χ1n) is 7.19. The van der Waals surface area contributed by atoms with Gasteiger partial charge in [-0.1, -0.05) is 12.1 Å². The average Bonchev–Trinajstić information content (AvgIpc) is 3.21. The lowest BCUT2D eigenvalue weighted by atomic mass is 10.0. The van der Waals surface area contributed by atoms with Crippen LogP contribution in [0.1, 0.15) is 23.0 Å². The van der Waals surface area contributed by atoms with Gasteiger partial charge in [0.2, 0.25) is 10.0 Å². The van der Waals surface area contributed by atoms with Gasteiger partial charge in [0.25, 0.3) is 0 Å². The van der Waals surface area contributed by atoms with Crippen molar-refractivity contribution in [1.29, 1.82) is 0 Å². The molecular formula is C17H17NO4S. The normalized spacial score (nSPS) is 11.9. The lowest BCUT2D eigenvalue weighted by Gasteiger charge is -2.14. The molecule has 0 saturated heterocycles. The second kappa shape index (κ2) is 6.44. The number of nitrogens with one attached hydrogen (secondary N) is 1. The van der Waals surface area contributed by atoms with E-state index < -0.39 is 10.0 Å². The molecule has 0 saturated carbocycles. The van der Waals surface area contributed by atoms with E-state index in [0.717, 1.165) is 5.56 Å². The molecule has 120 valence electrons. The zero-order chi connectivity index (χ0) is 16.3. The summed E-state index contributed by atoms with van der Waals surface area (Å²) in [4.78, 5) is 0.245. The highest BCUT2D eigenvalue weighted by Gasteiger charge is 2.23. The smallest absolute Gasteiger partial charge is 0.240 e. The summed E-state index contributed by atoms with van der Waals surface area (Å²) >= 11 is 0. The third kappa shape index (κ3) is 3.55. The van der Waals surface area contributed by atoms with Crippen molar-refractivity contribution in [3.63, 3.8) is 0 Å². The summed E-state index contributed by atoms with van der Waals surface area (Å²) in [6.45, 7) is 2.00. The van der Waals surface area contributed by atoms with Crippen LogP contribution in [-0.4, -0.2) is 15.0 Å². The second-order valence-corrected chi connectivity index (χ2v) is 7.02. The van der Waals surface area contributed by atoms with E-state index in [9.17, 15) is 8.42 Å². The molecule has 5 nitrogen and oxygen atoms in total. The molecule has 1 aromatic carbocycles. The summed E-state index contributed by atoms with van der Waals surface area (Å²) in [7, 11) is -3.59. The third-order valence-corrected chi connectivity index (χ3v) is 4.97. The zero-order valence-electron chi connectivity index (χ0n) is 12.6. The topological polar surface area (TPSA) is 72.5 Å². The van der Waals surface area contributed by atoms with Crippen molar-refractivity contribution in [2.45, 2.75) is 17.7 Å². The number of rotatable bonds is 6. The number of hydrogen-bond acceptors (Lipinski definition) is 4. The third-order valence-electron chi connectivity index (χ3n) is 3.55. The number of aryl methyl sites for hydroxylation is 1. The van der Waals surface area contributed by atoms with Crippen molar-refractivity contribution in [2.75, 3.05) is 6.54 Å². The van der Waals surface area contributed by atoms with Crippen LogP contribution in [0.15, 0.2) is 74.8 Å². The molecule has 0 fully saturated rings. The van der Waals surface area contributed by atoms with E-state index in [0.29, 0.717) is 11.5 Å². The number of benzene rings is 1. The molecular weight excluding hydrogens is 314 g/mol. The van der Waals surface area contributed by atoms with E-state index in [1.165, 1.54) is 0 Å². The summed E-state index contributed by atoms with van der Waals surface area (Å²) < 4.78 is 38.4. The van der Waals surface area contributed by atoms with Crippen molar-refractivity contribution in [1.82, 2.24) is 4.72 Å². The minimum Gasteiger partial charge on any atom is -0.469 e. The Bertz CT molecular complexity index is 818. The van der Waals surface area contributed by atoms with E-state index in [2.05, 4.69) is 4.72 Å². The molecule has 0 amide bonds. The highest BCUT2D eigenvalue weighted by Crippen LogP contribution is 2.25. The lowest BCUT2D eigenvalue weighted by Crippen LogP contribution is -2.28. The summed E-state index contributed by atoms with van der Waals surface area (Å²) in [6.07, 6.45) is 3.11. The van der Waals surface area contributed by atoms with Crippen LogP contribution in [0.5, 0.6) is 0 Å². The fourth-order valence-corrected chi connectivity index (χ4v) is 3.53. The van der Waals surface area contributed by atoms with Gasteiger partial charge in [-0.25, -0.2) is 13.1 Å². The molecule has 0 spiro atoms. The first kappa shape index (κ1) is 15.6. The van der Waals surface area contributed by atoms with Crippen LogP contribution in [-0.2, 0) is 10.0 Å². The van der Waals surface area contributed by atoms with E-state index in [-0.39, 0.29) is 17.4 Å². The largest absolute Gasteiger partial charge is 0.469 e. The second-order valence-electron chi connectivity index (χ2n) is 5.25. The minimum absolute atomic E-state index is 0.150. The summed E-state index contributed by atoms with van der Waals surface area (Å²) in [5.41, 5.74) is 0.890. The highest BCUT2D eigenvalue weighted by molar-refractivity contribution is 7.89. The first-order chi connectivity index (χ1) is 11.1. The van der Waals surface area contributed by atoms with Crippen molar-refractivity contribution in [3.8, 4) is 0 Å². The van der Waals surface area contributed by atoms with Crippen LogP contribution in [0.4, 0.5) is 0 Å². The average molecular weight is 331 g/mol. The summed E-state index contributed by atoms with van der Waals surface area (Å²) in [5.74, 6) is 0.971. The predicted octanol–water partition coefficient (Wildman–Crippen LogP) is 3.29. The molecule has 0 aliphatic carbocycles. The Morgan fingerprint density at radius 3 is 2.17 bits per heavy atom. The maximum atomic E-state index is 12.5. The lowest BCUT2D eigenvalue weighted by molar-refractivity contribution is 0.424. The fraction of sp³-hybridized carbons (Fsp3) is 0.176. The van der Waals surface area contributed by atoms with E-state index in [1.54, 1.807) is 55.0 Å². The van der Waals surface area contributed by atoms with Gasteiger partial charge in [-0.15, -0.1) is 0 Å². The molecule has 6 heteroatoms.